The van der Waals surface area contributed by atoms with Gasteiger partial charge in [0.05, 0.1) is 28.1 Å². The average Bonchev–Trinajstić information content (AvgIpc) is 2.96. The van der Waals surface area contributed by atoms with Gasteiger partial charge in [-0.3, -0.25) is 4.79 Å². The van der Waals surface area contributed by atoms with E-state index in [1.807, 2.05) is 25.1 Å². The number of rotatable bonds is 4. The van der Waals surface area contributed by atoms with Crippen molar-refractivity contribution in [3.63, 3.8) is 0 Å². The minimum Gasteiger partial charge on any atom is -0.369 e. The Morgan fingerprint density at radius 2 is 2.14 bits per heavy atom. The highest BCUT2D eigenvalue weighted by molar-refractivity contribution is 7.16. The number of anilines is 2. The van der Waals surface area contributed by atoms with Gasteiger partial charge in [0.1, 0.15) is 11.5 Å². The molecule has 106 valence electrons. The Hall–Kier alpha value is -2.54. The molecule has 21 heavy (non-hydrogen) atoms. The lowest BCUT2D eigenvalue weighted by molar-refractivity contribution is 0.102. The van der Waals surface area contributed by atoms with E-state index in [2.05, 4.69) is 25.6 Å². The van der Waals surface area contributed by atoms with Crippen LogP contribution in [0.25, 0.3) is 10.2 Å². The second-order valence-electron chi connectivity index (χ2n) is 4.31. The van der Waals surface area contributed by atoms with Crippen LogP contribution < -0.4 is 10.6 Å². The van der Waals surface area contributed by atoms with E-state index in [4.69, 9.17) is 0 Å². The first-order chi connectivity index (χ1) is 10.3. The molecule has 2 N–H and O–H groups in total. The molecule has 2 aromatic heterocycles. The summed E-state index contributed by atoms with van der Waals surface area (Å²) in [5.74, 6) is 0.370. The lowest BCUT2D eigenvalue weighted by atomic mass is 10.3. The van der Waals surface area contributed by atoms with E-state index >= 15 is 0 Å². The fourth-order valence-corrected chi connectivity index (χ4v) is 2.56. The van der Waals surface area contributed by atoms with E-state index < -0.39 is 0 Å². The Kier molecular flexibility index (Phi) is 3.74. The van der Waals surface area contributed by atoms with Gasteiger partial charge >= 0.3 is 0 Å². The normalized spacial score (nSPS) is 10.5. The maximum Gasteiger partial charge on any atom is 0.275 e. The highest BCUT2D eigenvalue weighted by Crippen LogP contribution is 2.22. The van der Waals surface area contributed by atoms with E-state index in [1.54, 1.807) is 11.7 Å². The van der Waals surface area contributed by atoms with Crippen LogP contribution in [0.5, 0.6) is 0 Å². The maximum atomic E-state index is 12.1. The van der Waals surface area contributed by atoms with Crippen LogP contribution in [0.3, 0.4) is 0 Å². The lowest BCUT2D eigenvalue weighted by Crippen LogP contribution is -2.14. The molecule has 0 unspecified atom stereocenters. The fraction of sp³-hybridized carbons (Fsp3) is 0.143. The van der Waals surface area contributed by atoms with Crippen molar-refractivity contribution in [2.75, 3.05) is 17.2 Å². The summed E-state index contributed by atoms with van der Waals surface area (Å²) in [6, 6.07) is 5.59. The molecule has 7 heteroatoms. The molecule has 1 amide bonds. The summed E-state index contributed by atoms with van der Waals surface area (Å²) in [6.45, 7) is 2.73. The minimum absolute atomic E-state index is 0.279. The van der Waals surface area contributed by atoms with Gasteiger partial charge in [0.2, 0.25) is 0 Å². The van der Waals surface area contributed by atoms with Gasteiger partial charge in [-0.2, -0.15) is 0 Å². The van der Waals surface area contributed by atoms with Gasteiger partial charge in [-0.15, -0.1) is 11.3 Å². The molecule has 1 aromatic carbocycles. The lowest BCUT2D eigenvalue weighted by Gasteiger charge is -2.05. The Labute approximate surface area is 125 Å². The number of carbonyl (C=O) groups excluding carboxylic acids is 1. The first-order valence-corrected chi connectivity index (χ1v) is 7.35. The molecule has 0 aliphatic carbocycles. The number of amides is 1. The summed E-state index contributed by atoms with van der Waals surface area (Å²) in [5, 5.41) is 5.84. The smallest absolute Gasteiger partial charge is 0.275 e. The number of nitrogens with one attached hydrogen (secondary N) is 2. The number of hydrogen-bond donors (Lipinski definition) is 2. The van der Waals surface area contributed by atoms with E-state index in [-0.39, 0.29) is 11.6 Å². The number of aromatic nitrogens is 3. The van der Waals surface area contributed by atoms with Gasteiger partial charge in [0.15, 0.2) is 0 Å². The molecular formula is C14H13N5OS. The zero-order valence-corrected chi connectivity index (χ0v) is 12.1. The molecule has 0 bridgehead atoms. The number of benzene rings is 1. The Bertz CT molecular complexity index is 768. The zero-order valence-electron chi connectivity index (χ0n) is 11.3. The molecule has 0 saturated heterocycles. The molecule has 2 heterocycles. The van der Waals surface area contributed by atoms with Gasteiger partial charge in [0, 0.05) is 12.2 Å². The van der Waals surface area contributed by atoms with Crippen molar-refractivity contribution < 1.29 is 4.79 Å². The number of fused-ring (bicyclic) bond motifs is 1. The van der Waals surface area contributed by atoms with Crippen LogP contribution in [-0.4, -0.2) is 27.4 Å². The molecule has 0 fully saturated rings. The van der Waals surface area contributed by atoms with Gasteiger partial charge in [-0.05, 0) is 25.1 Å². The van der Waals surface area contributed by atoms with E-state index in [1.165, 1.54) is 17.5 Å². The molecule has 0 spiro atoms. The van der Waals surface area contributed by atoms with Crippen molar-refractivity contribution in [2.24, 2.45) is 0 Å². The molecule has 3 aromatic rings. The van der Waals surface area contributed by atoms with Crippen LogP contribution in [0.4, 0.5) is 11.5 Å². The number of thiazole rings is 1. The third-order valence-electron chi connectivity index (χ3n) is 2.83. The summed E-state index contributed by atoms with van der Waals surface area (Å²) in [6.07, 6.45) is 3.00. The molecule has 0 aliphatic rings. The zero-order chi connectivity index (χ0) is 14.7. The van der Waals surface area contributed by atoms with Crippen molar-refractivity contribution in [1.82, 2.24) is 15.0 Å². The standard InChI is InChI=1S/C14H13N5OS/c1-2-15-13-7-16-11(6-17-13)14(20)19-9-3-4-10-12(5-9)21-8-18-10/h3-8H,2H2,1H3,(H,15,17)(H,19,20). The average molecular weight is 299 g/mol. The highest BCUT2D eigenvalue weighted by Gasteiger charge is 2.09. The topological polar surface area (TPSA) is 79.8 Å². The molecule has 0 saturated carbocycles. The second kappa shape index (κ2) is 5.84. The quantitative estimate of drug-likeness (QED) is 0.774. The van der Waals surface area contributed by atoms with Crippen molar-refractivity contribution >= 4 is 39.0 Å². The fourth-order valence-electron chi connectivity index (χ4n) is 1.85. The van der Waals surface area contributed by atoms with Gasteiger partial charge in [-0.25, -0.2) is 15.0 Å². The summed E-state index contributed by atoms with van der Waals surface area (Å²) < 4.78 is 1.03. The summed E-state index contributed by atoms with van der Waals surface area (Å²) in [7, 11) is 0. The monoisotopic (exact) mass is 299 g/mol. The van der Waals surface area contributed by atoms with Crippen LogP contribution in [0.2, 0.25) is 0 Å². The summed E-state index contributed by atoms with van der Waals surface area (Å²) in [5.41, 5.74) is 3.70. The maximum absolute atomic E-state index is 12.1. The van der Waals surface area contributed by atoms with Crippen LogP contribution in [0.1, 0.15) is 17.4 Å². The van der Waals surface area contributed by atoms with E-state index in [9.17, 15) is 4.79 Å². The molecule has 6 nitrogen and oxygen atoms in total. The predicted molar refractivity (Wildman–Crippen MR) is 83.8 cm³/mol. The summed E-state index contributed by atoms with van der Waals surface area (Å²) in [4.78, 5) is 24.5. The number of hydrogen-bond acceptors (Lipinski definition) is 6. The largest absolute Gasteiger partial charge is 0.369 e. The minimum atomic E-state index is -0.283. The third kappa shape index (κ3) is 2.97. The Balaban J connectivity index is 1.75. The molecule has 0 atom stereocenters. The molecule has 0 aliphatic heterocycles. The van der Waals surface area contributed by atoms with Crippen molar-refractivity contribution in [1.29, 1.82) is 0 Å². The first kappa shape index (κ1) is 13.4. The van der Waals surface area contributed by atoms with Crippen LogP contribution in [0.15, 0.2) is 36.1 Å². The third-order valence-corrected chi connectivity index (χ3v) is 3.62. The summed E-state index contributed by atoms with van der Waals surface area (Å²) >= 11 is 1.53. The molecule has 3 rings (SSSR count). The van der Waals surface area contributed by atoms with Crippen LogP contribution >= 0.6 is 11.3 Å². The van der Waals surface area contributed by atoms with E-state index in [0.717, 1.165) is 16.8 Å². The predicted octanol–water partition coefficient (Wildman–Crippen LogP) is 2.77. The number of nitrogens with zero attached hydrogens (tertiary/aromatic N) is 3. The van der Waals surface area contributed by atoms with Crippen LogP contribution in [0, 0.1) is 0 Å². The van der Waals surface area contributed by atoms with E-state index in [0.29, 0.717) is 11.5 Å². The van der Waals surface area contributed by atoms with Gasteiger partial charge in [0.25, 0.3) is 5.91 Å². The SMILES string of the molecule is CCNc1cnc(C(=O)Nc2ccc3ncsc3c2)cn1. The number of carbonyl (C=O) groups is 1. The van der Waals surface area contributed by atoms with Crippen molar-refractivity contribution in [3.8, 4) is 0 Å². The molecule has 0 radical (unpaired) electrons. The van der Waals surface area contributed by atoms with Crippen LogP contribution in [-0.2, 0) is 0 Å². The molecular weight excluding hydrogens is 286 g/mol. The first-order valence-electron chi connectivity index (χ1n) is 6.47. The van der Waals surface area contributed by atoms with Crippen molar-refractivity contribution in [3.05, 3.63) is 41.8 Å². The highest BCUT2D eigenvalue weighted by atomic mass is 32.1. The Morgan fingerprint density at radius 3 is 2.90 bits per heavy atom. The Morgan fingerprint density at radius 1 is 1.24 bits per heavy atom. The van der Waals surface area contributed by atoms with Gasteiger partial charge in [-0.1, -0.05) is 0 Å². The van der Waals surface area contributed by atoms with Crippen molar-refractivity contribution in [2.45, 2.75) is 6.92 Å². The van der Waals surface area contributed by atoms with Gasteiger partial charge < -0.3 is 10.6 Å². The second-order valence-corrected chi connectivity index (χ2v) is 5.19.